The number of rotatable bonds is 2. The highest BCUT2D eigenvalue weighted by Gasteiger charge is 2.16. The molecule has 1 fully saturated rings. The van der Waals surface area contributed by atoms with Crippen molar-refractivity contribution in [2.45, 2.75) is 6.92 Å². The Bertz CT molecular complexity index is 1280. The van der Waals surface area contributed by atoms with E-state index in [0.717, 1.165) is 53.9 Å². The maximum Gasteiger partial charge on any atom is 0.258 e. The molecule has 7 heteroatoms. The number of hydrogen-bond acceptors (Lipinski definition) is 5. The van der Waals surface area contributed by atoms with Gasteiger partial charge in [0.15, 0.2) is 0 Å². The molecule has 148 valence electrons. The fraction of sp³-hybridized carbons (Fsp3) is 0.318. The molecule has 1 aliphatic rings. The van der Waals surface area contributed by atoms with Gasteiger partial charge in [0, 0.05) is 56.4 Å². The van der Waals surface area contributed by atoms with Crippen molar-refractivity contribution in [3.63, 3.8) is 0 Å². The molecule has 4 aromatic rings. The van der Waals surface area contributed by atoms with Crippen molar-refractivity contribution in [2.75, 3.05) is 38.1 Å². The number of pyridine rings is 1. The molecule has 0 saturated carbocycles. The van der Waals surface area contributed by atoms with E-state index in [1.54, 1.807) is 10.5 Å². The van der Waals surface area contributed by atoms with E-state index in [4.69, 9.17) is 4.98 Å². The second kappa shape index (κ2) is 6.70. The van der Waals surface area contributed by atoms with Crippen LogP contribution < -0.4 is 10.5 Å². The number of nitrogens with zero attached hydrogens (tertiary/aromatic N) is 6. The topological polar surface area (TPSA) is 58.7 Å². The van der Waals surface area contributed by atoms with E-state index in [1.807, 2.05) is 36.3 Å². The van der Waals surface area contributed by atoms with Gasteiger partial charge in [-0.1, -0.05) is 0 Å². The van der Waals surface area contributed by atoms with Crippen LogP contribution in [-0.4, -0.2) is 57.3 Å². The summed E-state index contributed by atoms with van der Waals surface area (Å²) in [6.45, 7) is 6.05. The number of benzene rings is 1. The van der Waals surface area contributed by atoms with E-state index in [2.05, 4.69) is 41.0 Å². The zero-order chi connectivity index (χ0) is 20.1. The van der Waals surface area contributed by atoms with Gasteiger partial charge in [-0.2, -0.15) is 5.10 Å². The minimum atomic E-state index is -0.0649. The molecule has 0 N–H and O–H groups in total. The molecular formula is C22H24N6O. The normalized spacial score (nSPS) is 15.5. The van der Waals surface area contributed by atoms with Crippen LogP contribution >= 0.6 is 0 Å². The Morgan fingerprint density at radius 3 is 2.59 bits per heavy atom. The Morgan fingerprint density at radius 2 is 1.79 bits per heavy atom. The van der Waals surface area contributed by atoms with Crippen molar-refractivity contribution in [1.82, 2.24) is 24.1 Å². The number of aromatic nitrogens is 4. The standard InChI is InChI=1S/C22H24N6O/c1-15-10-16(11-17-13-23-26(3)22(15)17)19-12-21(29)28-14-18(4-5-20(28)24-19)27-8-6-25(2)7-9-27/h4-5,10-14H,6-9H2,1-3H3. The molecule has 0 amide bonds. The Labute approximate surface area is 168 Å². The van der Waals surface area contributed by atoms with Gasteiger partial charge < -0.3 is 9.80 Å². The van der Waals surface area contributed by atoms with Crippen molar-refractivity contribution >= 4 is 22.2 Å². The summed E-state index contributed by atoms with van der Waals surface area (Å²) in [4.78, 5) is 22.3. The summed E-state index contributed by atoms with van der Waals surface area (Å²) in [5.74, 6) is 0. The van der Waals surface area contributed by atoms with E-state index >= 15 is 0 Å². The molecule has 0 aliphatic carbocycles. The molecular weight excluding hydrogens is 364 g/mol. The Hall–Kier alpha value is -3.19. The first-order valence-corrected chi connectivity index (χ1v) is 9.89. The highest BCUT2D eigenvalue weighted by Crippen LogP contribution is 2.26. The number of aryl methyl sites for hydroxylation is 2. The number of hydrogen-bond donors (Lipinski definition) is 0. The van der Waals surface area contributed by atoms with Crippen LogP contribution in [0.2, 0.25) is 0 Å². The van der Waals surface area contributed by atoms with E-state index in [0.29, 0.717) is 11.3 Å². The highest BCUT2D eigenvalue weighted by atomic mass is 16.1. The zero-order valence-electron chi connectivity index (χ0n) is 17.0. The molecule has 0 radical (unpaired) electrons. The lowest BCUT2D eigenvalue weighted by Gasteiger charge is -2.34. The van der Waals surface area contributed by atoms with Gasteiger partial charge in [0.25, 0.3) is 5.56 Å². The molecule has 1 aromatic carbocycles. The second-order valence-electron chi connectivity index (χ2n) is 7.88. The van der Waals surface area contributed by atoms with Crippen LogP contribution in [0.15, 0.2) is 47.5 Å². The first-order valence-electron chi connectivity index (χ1n) is 9.89. The minimum Gasteiger partial charge on any atom is -0.368 e. The van der Waals surface area contributed by atoms with Gasteiger partial charge >= 0.3 is 0 Å². The number of likely N-dealkylation sites (N-methyl/N-ethyl adjacent to an activating group) is 1. The second-order valence-corrected chi connectivity index (χ2v) is 7.88. The summed E-state index contributed by atoms with van der Waals surface area (Å²) in [6, 6.07) is 9.74. The highest BCUT2D eigenvalue weighted by molar-refractivity contribution is 5.87. The van der Waals surface area contributed by atoms with Crippen molar-refractivity contribution in [1.29, 1.82) is 0 Å². The lowest BCUT2D eigenvalue weighted by Crippen LogP contribution is -2.44. The fourth-order valence-electron chi connectivity index (χ4n) is 4.19. The van der Waals surface area contributed by atoms with Gasteiger partial charge in [-0.3, -0.25) is 13.9 Å². The summed E-state index contributed by atoms with van der Waals surface area (Å²) >= 11 is 0. The van der Waals surface area contributed by atoms with Crippen LogP contribution in [0.4, 0.5) is 5.69 Å². The molecule has 0 spiro atoms. The number of fused-ring (bicyclic) bond motifs is 2. The van der Waals surface area contributed by atoms with Crippen LogP contribution in [0.1, 0.15) is 5.56 Å². The molecule has 0 bridgehead atoms. The molecule has 7 nitrogen and oxygen atoms in total. The zero-order valence-corrected chi connectivity index (χ0v) is 17.0. The molecule has 4 heterocycles. The average Bonchev–Trinajstić information content (AvgIpc) is 3.09. The number of anilines is 1. The van der Waals surface area contributed by atoms with Crippen molar-refractivity contribution in [3.8, 4) is 11.3 Å². The van der Waals surface area contributed by atoms with Crippen LogP contribution in [0.5, 0.6) is 0 Å². The smallest absolute Gasteiger partial charge is 0.258 e. The molecule has 3 aromatic heterocycles. The predicted octanol–water partition coefficient (Wildman–Crippen LogP) is 2.31. The molecule has 1 aliphatic heterocycles. The first-order chi connectivity index (χ1) is 14.0. The maximum absolute atomic E-state index is 12.9. The molecule has 29 heavy (non-hydrogen) atoms. The Balaban J connectivity index is 1.57. The fourth-order valence-corrected chi connectivity index (χ4v) is 4.19. The molecule has 0 atom stereocenters. The maximum atomic E-state index is 12.9. The average molecular weight is 388 g/mol. The lowest BCUT2D eigenvalue weighted by molar-refractivity contribution is 0.313. The SMILES string of the molecule is Cc1cc(-c2cc(=O)n3cc(N4CCN(C)CC4)ccc3n2)cc2cnn(C)c12. The van der Waals surface area contributed by atoms with Gasteiger partial charge in [0.1, 0.15) is 5.65 Å². The van der Waals surface area contributed by atoms with Gasteiger partial charge in [-0.05, 0) is 43.8 Å². The van der Waals surface area contributed by atoms with Gasteiger partial charge in [-0.25, -0.2) is 4.98 Å². The third kappa shape index (κ3) is 3.07. The Kier molecular flexibility index (Phi) is 4.13. The summed E-state index contributed by atoms with van der Waals surface area (Å²) in [7, 11) is 4.08. The monoisotopic (exact) mass is 388 g/mol. The lowest BCUT2D eigenvalue weighted by atomic mass is 10.0. The van der Waals surface area contributed by atoms with Gasteiger partial charge in [0.05, 0.1) is 23.1 Å². The van der Waals surface area contributed by atoms with E-state index in [-0.39, 0.29) is 5.56 Å². The van der Waals surface area contributed by atoms with Crippen molar-refractivity contribution in [2.24, 2.45) is 7.05 Å². The largest absolute Gasteiger partial charge is 0.368 e. The van der Waals surface area contributed by atoms with Crippen molar-refractivity contribution in [3.05, 3.63) is 58.6 Å². The third-order valence-electron chi connectivity index (χ3n) is 5.83. The summed E-state index contributed by atoms with van der Waals surface area (Å²) in [5.41, 5.74) is 5.50. The van der Waals surface area contributed by atoms with E-state index in [9.17, 15) is 4.79 Å². The van der Waals surface area contributed by atoms with Crippen LogP contribution in [0.25, 0.3) is 27.8 Å². The van der Waals surface area contributed by atoms with Gasteiger partial charge in [0.2, 0.25) is 0 Å². The first kappa shape index (κ1) is 17.9. The third-order valence-corrected chi connectivity index (χ3v) is 5.83. The summed E-state index contributed by atoms with van der Waals surface area (Å²) < 4.78 is 3.52. The van der Waals surface area contributed by atoms with E-state index < -0.39 is 0 Å². The summed E-state index contributed by atoms with van der Waals surface area (Å²) in [6.07, 6.45) is 3.76. The molecule has 1 saturated heterocycles. The van der Waals surface area contributed by atoms with Crippen LogP contribution in [0, 0.1) is 6.92 Å². The van der Waals surface area contributed by atoms with Crippen LogP contribution in [-0.2, 0) is 7.05 Å². The molecule has 5 rings (SSSR count). The number of piperazine rings is 1. The Morgan fingerprint density at radius 1 is 1.00 bits per heavy atom. The quantitative estimate of drug-likeness (QED) is 0.527. The van der Waals surface area contributed by atoms with E-state index in [1.165, 1.54) is 0 Å². The molecule has 0 unspecified atom stereocenters. The summed E-state index contributed by atoms with van der Waals surface area (Å²) in [5, 5.41) is 5.39. The predicted molar refractivity (Wildman–Crippen MR) is 116 cm³/mol. The van der Waals surface area contributed by atoms with Crippen molar-refractivity contribution < 1.29 is 0 Å². The minimum absolute atomic E-state index is 0.0649. The van der Waals surface area contributed by atoms with Crippen LogP contribution in [0.3, 0.4) is 0 Å². The van der Waals surface area contributed by atoms with Gasteiger partial charge in [-0.15, -0.1) is 0 Å².